The van der Waals surface area contributed by atoms with Gasteiger partial charge in [-0.1, -0.05) is 42.0 Å². The molecule has 0 saturated carbocycles. The van der Waals surface area contributed by atoms with Crippen molar-refractivity contribution >= 4 is 22.9 Å². The molecule has 0 aliphatic heterocycles. The average molecular weight is 244 g/mol. The molecule has 1 aromatic heterocycles. The molecular weight excluding hydrogens is 230 g/mol. The molecule has 2 rings (SSSR count). The van der Waals surface area contributed by atoms with Crippen LogP contribution in [0.1, 0.15) is 19.8 Å². The van der Waals surface area contributed by atoms with Crippen molar-refractivity contribution in [2.75, 3.05) is 6.61 Å². The smallest absolute Gasteiger partial charge is 0.274 e. The summed E-state index contributed by atoms with van der Waals surface area (Å²) in [5.41, 5.74) is 0. The Labute approximate surface area is 98.9 Å². The van der Waals surface area contributed by atoms with Crippen LogP contribution in [0.3, 0.4) is 0 Å². The summed E-state index contributed by atoms with van der Waals surface area (Å²) in [6.07, 6.45) is 6.76. The van der Waals surface area contributed by atoms with Crippen molar-refractivity contribution in [3.63, 3.8) is 0 Å². The summed E-state index contributed by atoms with van der Waals surface area (Å²) in [6.45, 7) is 3.02. The van der Waals surface area contributed by atoms with Gasteiger partial charge in [0.1, 0.15) is 5.15 Å². The lowest BCUT2D eigenvalue weighted by molar-refractivity contribution is 0.198. The molecule has 1 aromatic rings. The SMILES string of the molecule is CC1CC=CCC1COc1nc(Cl)cs1. The van der Waals surface area contributed by atoms with Crippen molar-refractivity contribution in [3.05, 3.63) is 22.7 Å². The van der Waals surface area contributed by atoms with E-state index in [2.05, 4.69) is 24.1 Å². The summed E-state index contributed by atoms with van der Waals surface area (Å²) in [5.74, 6) is 1.31. The number of rotatable bonds is 3. The topological polar surface area (TPSA) is 22.1 Å². The highest BCUT2D eigenvalue weighted by atomic mass is 35.5. The second kappa shape index (κ2) is 4.99. The van der Waals surface area contributed by atoms with Gasteiger partial charge in [-0.2, -0.15) is 4.98 Å². The highest BCUT2D eigenvalue weighted by Gasteiger charge is 2.19. The Hall–Kier alpha value is -0.540. The fraction of sp³-hybridized carbons (Fsp3) is 0.545. The summed E-state index contributed by atoms with van der Waals surface area (Å²) in [6, 6.07) is 0. The fourth-order valence-corrected chi connectivity index (χ4v) is 2.52. The summed E-state index contributed by atoms with van der Waals surface area (Å²) >= 11 is 7.17. The lowest BCUT2D eigenvalue weighted by Crippen LogP contribution is -2.21. The van der Waals surface area contributed by atoms with Crippen LogP contribution in [0.25, 0.3) is 0 Å². The number of halogens is 1. The highest BCUT2D eigenvalue weighted by molar-refractivity contribution is 7.11. The molecule has 1 heterocycles. The lowest BCUT2D eigenvalue weighted by atomic mass is 9.85. The van der Waals surface area contributed by atoms with Gasteiger partial charge in [0.2, 0.25) is 0 Å². The predicted octanol–water partition coefficient (Wildman–Crippen LogP) is 3.78. The van der Waals surface area contributed by atoms with E-state index in [1.54, 1.807) is 5.38 Å². The lowest BCUT2D eigenvalue weighted by Gasteiger charge is -2.24. The van der Waals surface area contributed by atoms with Gasteiger partial charge >= 0.3 is 0 Å². The Balaban J connectivity index is 1.85. The van der Waals surface area contributed by atoms with Gasteiger partial charge < -0.3 is 4.74 Å². The van der Waals surface area contributed by atoms with Crippen LogP contribution in [0, 0.1) is 11.8 Å². The van der Waals surface area contributed by atoms with Crippen molar-refractivity contribution in [1.82, 2.24) is 4.98 Å². The molecule has 2 nitrogen and oxygen atoms in total. The van der Waals surface area contributed by atoms with Gasteiger partial charge in [-0.3, -0.25) is 0 Å². The van der Waals surface area contributed by atoms with Crippen molar-refractivity contribution in [1.29, 1.82) is 0 Å². The van der Waals surface area contributed by atoms with E-state index < -0.39 is 0 Å². The second-order valence-electron chi connectivity index (χ2n) is 3.93. The molecule has 0 aromatic carbocycles. The minimum absolute atomic E-state index is 0.520. The zero-order valence-electron chi connectivity index (χ0n) is 8.65. The van der Waals surface area contributed by atoms with E-state index >= 15 is 0 Å². The van der Waals surface area contributed by atoms with Crippen LogP contribution in [-0.2, 0) is 0 Å². The van der Waals surface area contributed by atoms with Crippen molar-refractivity contribution in [3.8, 4) is 5.19 Å². The molecule has 1 aliphatic carbocycles. The van der Waals surface area contributed by atoms with Crippen LogP contribution in [0.15, 0.2) is 17.5 Å². The normalized spacial score (nSPS) is 25.5. The Bertz CT molecular complexity index is 350. The molecule has 0 spiro atoms. The van der Waals surface area contributed by atoms with E-state index in [-0.39, 0.29) is 0 Å². The van der Waals surface area contributed by atoms with E-state index in [0.29, 0.717) is 22.2 Å². The second-order valence-corrected chi connectivity index (χ2v) is 5.14. The molecular formula is C11H14ClNOS. The monoisotopic (exact) mass is 243 g/mol. The maximum atomic E-state index is 5.72. The molecule has 15 heavy (non-hydrogen) atoms. The average Bonchev–Trinajstić information content (AvgIpc) is 2.63. The van der Waals surface area contributed by atoms with Crippen molar-refractivity contribution in [2.24, 2.45) is 11.8 Å². The van der Waals surface area contributed by atoms with Gasteiger partial charge in [0.15, 0.2) is 0 Å². The van der Waals surface area contributed by atoms with Crippen LogP contribution in [-0.4, -0.2) is 11.6 Å². The van der Waals surface area contributed by atoms with Crippen LogP contribution >= 0.6 is 22.9 Å². The van der Waals surface area contributed by atoms with Gasteiger partial charge in [-0.05, 0) is 24.7 Å². The van der Waals surface area contributed by atoms with E-state index in [1.807, 2.05) is 0 Å². The number of nitrogens with zero attached hydrogens (tertiary/aromatic N) is 1. The summed E-state index contributed by atoms with van der Waals surface area (Å²) in [4.78, 5) is 4.06. The molecule has 4 heteroatoms. The first kappa shape index (κ1) is 11.0. The van der Waals surface area contributed by atoms with Gasteiger partial charge in [0.05, 0.1) is 6.61 Å². The number of hydrogen-bond donors (Lipinski definition) is 0. The van der Waals surface area contributed by atoms with E-state index in [1.165, 1.54) is 11.3 Å². The fourth-order valence-electron chi connectivity index (χ4n) is 1.72. The maximum absolute atomic E-state index is 5.72. The molecule has 1 aliphatic rings. The molecule has 0 N–H and O–H groups in total. The van der Waals surface area contributed by atoms with Gasteiger partial charge in [-0.25, -0.2) is 0 Å². The van der Waals surface area contributed by atoms with E-state index in [9.17, 15) is 0 Å². The Morgan fingerprint density at radius 1 is 1.53 bits per heavy atom. The Morgan fingerprint density at radius 2 is 2.33 bits per heavy atom. The zero-order chi connectivity index (χ0) is 10.7. The van der Waals surface area contributed by atoms with Crippen LogP contribution in [0.5, 0.6) is 5.19 Å². The molecule has 0 saturated heterocycles. The standard InChI is InChI=1S/C11H14ClNOS/c1-8-4-2-3-5-9(8)6-14-11-13-10(12)7-15-11/h2-3,7-9H,4-6H2,1H3. The maximum Gasteiger partial charge on any atom is 0.274 e. The quantitative estimate of drug-likeness (QED) is 0.754. The van der Waals surface area contributed by atoms with Crippen LogP contribution < -0.4 is 4.74 Å². The first-order valence-corrected chi connectivity index (χ1v) is 6.40. The zero-order valence-corrected chi connectivity index (χ0v) is 10.2. The van der Waals surface area contributed by atoms with E-state index in [0.717, 1.165) is 19.4 Å². The molecule has 0 bridgehead atoms. The van der Waals surface area contributed by atoms with Crippen molar-refractivity contribution in [2.45, 2.75) is 19.8 Å². The third-order valence-corrected chi connectivity index (χ3v) is 3.87. The molecule has 2 atom stereocenters. The number of thiazole rings is 1. The van der Waals surface area contributed by atoms with Crippen molar-refractivity contribution < 1.29 is 4.74 Å². The largest absolute Gasteiger partial charge is 0.470 e. The molecule has 2 unspecified atom stereocenters. The Morgan fingerprint density at radius 3 is 3.00 bits per heavy atom. The summed E-state index contributed by atoms with van der Waals surface area (Å²) in [5, 5.41) is 2.99. The predicted molar refractivity (Wildman–Crippen MR) is 63.6 cm³/mol. The third-order valence-electron chi connectivity index (χ3n) is 2.79. The minimum atomic E-state index is 0.520. The summed E-state index contributed by atoms with van der Waals surface area (Å²) in [7, 11) is 0. The first-order chi connectivity index (χ1) is 7.25. The molecule has 0 radical (unpaired) electrons. The number of allylic oxidation sites excluding steroid dienone is 2. The van der Waals surface area contributed by atoms with Gasteiger partial charge in [0, 0.05) is 5.38 Å². The Kier molecular flexibility index (Phi) is 3.65. The molecule has 0 amide bonds. The van der Waals surface area contributed by atoms with Gasteiger partial charge in [-0.15, -0.1) is 0 Å². The number of hydrogen-bond acceptors (Lipinski definition) is 3. The highest BCUT2D eigenvalue weighted by Crippen LogP contribution is 2.27. The van der Waals surface area contributed by atoms with Crippen LogP contribution in [0.2, 0.25) is 5.15 Å². The molecule has 82 valence electrons. The molecule has 0 fully saturated rings. The first-order valence-electron chi connectivity index (χ1n) is 5.14. The summed E-state index contributed by atoms with van der Waals surface area (Å²) < 4.78 is 5.63. The number of aromatic nitrogens is 1. The van der Waals surface area contributed by atoms with E-state index in [4.69, 9.17) is 16.3 Å². The van der Waals surface area contributed by atoms with Crippen LogP contribution in [0.4, 0.5) is 0 Å². The minimum Gasteiger partial charge on any atom is -0.470 e. The number of ether oxygens (including phenoxy) is 1. The third kappa shape index (κ3) is 2.95. The van der Waals surface area contributed by atoms with Gasteiger partial charge in [0.25, 0.3) is 5.19 Å².